The molecular weight excluding hydrogens is 422 g/mol. The molecule has 1 saturated heterocycles. The molecule has 4 amide bonds. The number of carbonyl (C=O) groups excluding carboxylic acids is 3. The van der Waals surface area contributed by atoms with Crippen molar-refractivity contribution in [2.24, 2.45) is 0 Å². The van der Waals surface area contributed by atoms with Crippen molar-refractivity contribution in [2.45, 2.75) is 32.9 Å². The molecule has 8 heteroatoms. The Hall–Kier alpha value is -4.07. The van der Waals surface area contributed by atoms with E-state index in [9.17, 15) is 14.4 Å². The van der Waals surface area contributed by atoms with Crippen LogP contribution in [-0.2, 0) is 16.1 Å². The van der Waals surface area contributed by atoms with Crippen LogP contribution in [0.15, 0.2) is 71.3 Å². The third-order valence-corrected chi connectivity index (χ3v) is 5.31. The van der Waals surface area contributed by atoms with Crippen LogP contribution in [0.1, 0.15) is 24.7 Å². The number of hydrogen-bond acceptors (Lipinski definition) is 5. The van der Waals surface area contributed by atoms with E-state index in [2.05, 4.69) is 5.32 Å². The minimum Gasteiger partial charge on any atom is -0.494 e. The Morgan fingerprint density at radius 2 is 1.88 bits per heavy atom. The standard InChI is InChI=1S/C25H25N3O5/c1-3-32-20-11-9-18(10-12-20)26-23(29)15-22-24(30)28(19-7-4-6-17(2)14-19)25(31)27(22)16-21-8-5-13-33-21/h4-14,22H,3,15-16H2,1-2H3,(H,26,29)/t22-/m0/s1. The summed E-state index contributed by atoms with van der Waals surface area (Å²) in [5, 5.41) is 2.79. The molecule has 0 aliphatic carbocycles. The van der Waals surface area contributed by atoms with E-state index in [0.717, 1.165) is 10.5 Å². The van der Waals surface area contributed by atoms with Crippen molar-refractivity contribution in [2.75, 3.05) is 16.8 Å². The van der Waals surface area contributed by atoms with E-state index in [0.29, 0.717) is 29.5 Å². The summed E-state index contributed by atoms with van der Waals surface area (Å²) < 4.78 is 10.8. The Bertz CT molecular complexity index is 1140. The number of rotatable bonds is 8. The summed E-state index contributed by atoms with van der Waals surface area (Å²) in [4.78, 5) is 41.9. The second kappa shape index (κ2) is 9.60. The fourth-order valence-electron chi connectivity index (χ4n) is 3.78. The van der Waals surface area contributed by atoms with Gasteiger partial charge in [-0.05, 0) is 67.9 Å². The average molecular weight is 447 g/mol. The first-order valence-corrected chi connectivity index (χ1v) is 10.7. The monoisotopic (exact) mass is 447 g/mol. The molecule has 0 radical (unpaired) electrons. The Balaban J connectivity index is 1.54. The third-order valence-electron chi connectivity index (χ3n) is 5.31. The molecular formula is C25H25N3O5. The SMILES string of the molecule is CCOc1ccc(NC(=O)C[C@H]2C(=O)N(c3cccc(C)c3)C(=O)N2Cc2ccco2)cc1. The highest BCUT2D eigenvalue weighted by Gasteiger charge is 2.47. The first-order chi connectivity index (χ1) is 16.0. The molecule has 1 aliphatic heterocycles. The maximum atomic E-state index is 13.3. The van der Waals surface area contributed by atoms with E-state index in [1.54, 1.807) is 54.6 Å². The number of carbonyl (C=O) groups is 3. The van der Waals surface area contributed by atoms with Crippen molar-refractivity contribution in [3.8, 4) is 5.75 Å². The van der Waals surface area contributed by atoms with Gasteiger partial charge in [-0.25, -0.2) is 9.69 Å². The number of nitrogens with zero attached hydrogens (tertiary/aromatic N) is 2. The van der Waals surface area contributed by atoms with Gasteiger partial charge in [0.15, 0.2) is 0 Å². The minimum atomic E-state index is -0.953. The predicted octanol–water partition coefficient (Wildman–Crippen LogP) is 4.35. The van der Waals surface area contributed by atoms with Crippen molar-refractivity contribution in [3.05, 3.63) is 78.3 Å². The van der Waals surface area contributed by atoms with Crippen LogP contribution in [0.25, 0.3) is 0 Å². The number of anilines is 2. The van der Waals surface area contributed by atoms with Crippen molar-refractivity contribution in [3.63, 3.8) is 0 Å². The number of aryl methyl sites for hydroxylation is 1. The number of amides is 4. The van der Waals surface area contributed by atoms with Crippen LogP contribution in [0.3, 0.4) is 0 Å². The topological polar surface area (TPSA) is 92.1 Å². The van der Waals surface area contributed by atoms with E-state index in [1.807, 2.05) is 19.9 Å². The van der Waals surface area contributed by atoms with Gasteiger partial charge in [0.25, 0.3) is 5.91 Å². The third kappa shape index (κ3) is 4.90. The predicted molar refractivity (Wildman–Crippen MR) is 123 cm³/mol. The normalized spacial score (nSPS) is 15.8. The van der Waals surface area contributed by atoms with Gasteiger partial charge in [0.2, 0.25) is 5.91 Å². The molecule has 3 aromatic rings. The van der Waals surface area contributed by atoms with Crippen LogP contribution in [0.2, 0.25) is 0 Å². The molecule has 1 N–H and O–H groups in total. The molecule has 0 spiro atoms. The van der Waals surface area contributed by atoms with Gasteiger partial charge in [0, 0.05) is 5.69 Å². The lowest BCUT2D eigenvalue weighted by Crippen LogP contribution is -2.37. The molecule has 0 unspecified atom stereocenters. The first kappa shape index (κ1) is 22.1. The highest BCUT2D eigenvalue weighted by atomic mass is 16.5. The van der Waals surface area contributed by atoms with Crippen molar-refractivity contribution in [1.82, 2.24) is 4.90 Å². The lowest BCUT2D eigenvalue weighted by molar-refractivity contribution is -0.124. The fourth-order valence-corrected chi connectivity index (χ4v) is 3.78. The number of furan rings is 1. The molecule has 2 heterocycles. The number of benzene rings is 2. The van der Waals surface area contributed by atoms with E-state index in [1.165, 1.54) is 11.2 Å². The van der Waals surface area contributed by atoms with Gasteiger partial charge in [0.1, 0.15) is 17.6 Å². The summed E-state index contributed by atoms with van der Waals surface area (Å²) in [6.45, 7) is 4.41. The largest absolute Gasteiger partial charge is 0.494 e. The van der Waals surface area contributed by atoms with Gasteiger partial charge in [-0.2, -0.15) is 0 Å². The van der Waals surface area contributed by atoms with Crippen molar-refractivity contribution in [1.29, 1.82) is 0 Å². The van der Waals surface area contributed by atoms with Gasteiger partial charge in [0.05, 0.1) is 31.5 Å². The van der Waals surface area contributed by atoms with Gasteiger partial charge in [-0.15, -0.1) is 0 Å². The number of imide groups is 1. The molecule has 1 fully saturated rings. The molecule has 1 atom stereocenters. The molecule has 1 aromatic heterocycles. The summed E-state index contributed by atoms with van der Waals surface area (Å²) in [6, 6.07) is 16.1. The molecule has 2 aromatic carbocycles. The van der Waals surface area contributed by atoms with Gasteiger partial charge >= 0.3 is 6.03 Å². The number of nitrogens with one attached hydrogen (secondary N) is 1. The molecule has 33 heavy (non-hydrogen) atoms. The lowest BCUT2D eigenvalue weighted by atomic mass is 10.1. The maximum Gasteiger partial charge on any atom is 0.332 e. The quantitative estimate of drug-likeness (QED) is 0.518. The number of hydrogen-bond donors (Lipinski definition) is 1. The summed E-state index contributed by atoms with van der Waals surface area (Å²) >= 11 is 0. The highest BCUT2D eigenvalue weighted by Crippen LogP contribution is 2.29. The summed E-state index contributed by atoms with van der Waals surface area (Å²) in [5.74, 6) is 0.407. The summed E-state index contributed by atoms with van der Waals surface area (Å²) in [6.07, 6.45) is 1.32. The molecule has 0 saturated carbocycles. The fraction of sp³-hybridized carbons (Fsp3) is 0.240. The van der Waals surface area contributed by atoms with Gasteiger partial charge in [-0.1, -0.05) is 12.1 Å². The number of urea groups is 1. The van der Waals surface area contributed by atoms with Crippen LogP contribution in [0, 0.1) is 6.92 Å². The van der Waals surface area contributed by atoms with Gasteiger partial charge < -0.3 is 19.4 Å². The van der Waals surface area contributed by atoms with E-state index in [-0.39, 0.29) is 18.9 Å². The van der Waals surface area contributed by atoms with Crippen LogP contribution < -0.4 is 15.0 Å². The lowest BCUT2D eigenvalue weighted by Gasteiger charge is -2.20. The van der Waals surface area contributed by atoms with Gasteiger partial charge in [-0.3, -0.25) is 9.59 Å². The molecule has 1 aliphatic rings. The second-order valence-corrected chi connectivity index (χ2v) is 7.73. The zero-order chi connectivity index (χ0) is 23.4. The Morgan fingerprint density at radius 3 is 2.55 bits per heavy atom. The van der Waals surface area contributed by atoms with E-state index < -0.39 is 18.0 Å². The van der Waals surface area contributed by atoms with E-state index >= 15 is 0 Å². The van der Waals surface area contributed by atoms with Crippen molar-refractivity contribution >= 4 is 29.2 Å². The van der Waals surface area contributed by atoms with Crippen LogP contribution in [-0.4, -0.2) is 35.4 Å². The molecule has 4 rings (SSSR count). The second-order valence-electron chi connectivity index (χ2n) is 7.73. The molecule has 170 valence electrons. The van der Waals surface area contributed by atoms with Crippen LogP contribution in [0.5, 0.6) is 5.75 Å². The summed E-state index contributed by atoms with van der Waals surface area (Å²) in [7, 11) is 0. The zero-order valence-electron chi connectivity index (χ0n) is 18.5. The van der Waals surface area contributed by atoms with Crippen LogP contribution in [0.4, 0.5) is 16.2 Å². The summed E-state index contributed by atoms with van der Waals surface area (Å²) in [5.41, 5.74) is 1.97. The number of ether oxygens (including phenoxy) is 1. The Kier molecular flexibility index (Phi) is 6.44. The van der Waals surface area contributed by atoms with E-state index in [4.69, 9.17) is 9.15 Å². The van der Waals surface area contributed by atoms with Crippen molar-refractivity contribution < 1.29 is 23.5 Å². The Morgan fingerprint density at radius 1 is 1.09 bits per heavy atom. The average Bonchev–Trinajstić information content (AvgIpc) is 3.38. The van der Waals surface area contributed by atoms with Crippen LogP contribution >= 0.6 is 0 Å². The zero-order valence-corrected chi connectivity index (χ0v) is 18.5. The molecule has 8 nitrogen and oxygen atoms in total. The Labute approximate surface area is 191 Å². The maximum absolute atomic E-state index is 13.3. The first-order valence-electron chi connectivity index (χ1n) is 10.7. The highest BCUT2D eigenvalue weighted by molar-refractivity contribution is 6.22. The minimum absolute atomic E-state index is 0.0842. The molecule has 0 bridgehead atoms. The smallest absolute Gasteiger partial charge is 0.332 e.